The molecule has 39 heavy (non-hydrogen) atoms. The van der Waals surface area contributed by atoms with Crippen LogP contribution >= 0.6 is 11.8 Å². The number of fused-ring (bicyclic) bond motifs is 1. The minimum Gasteiger partial charge on any atom is -0.263 e. The van der Waals surface area contributed by atoms with Gasteiger partial charge >= 0.3 is 6.18 Å². The lowest BCUT2D eigenvalue weighted by atomic mass is 10.1. The first-order valence-electron chi connectivity index (χ1n) is 11.7. The number of aromatic amines is 1. The molecule has 3 aromatic carbocycles. The fourth-order valence-electron chi connectivity index (χ4n) is 3.85. The number of alkyl halides is 3. The molecule has 6 nitrogen and oxygen atoms in total. The molecule has 0 spiro atoms. The van der Waals surface area contributed by atoms with E-state index in [9.17, 15) is 21.6 Å². The smallest absolute Gasteiger partial charge is 0.263 e. The Bertz CT molecular complexity index is 1730. The molecule has 0 bridgehead atoms. The molecular formula is C28H21F3N4O2S2. The summed E-state index contributed by atoms with van der Waals surface area (Å²) in [5.74, 6) is 0.609. The minimum atomic E-state index is -4.57. The molecule has 2 aromatic heterocycles. The quantitative estimate of drug-likeness (QED) is 0.193. The number of anilines is 1. The van der Waals surface area contributed by atoms with Crippen LogP contribution in [0.4, 0.5) is 19.0 Å². The molecule has 0 saturated carbocycles. The Labute approximate surface area is 227 Å². The first-order chi connectivity index (χ1) is 18.7. The minimum absolute atomic E-state index is 0.0622. The van der Waals surface area contributed by atoms with E-state index in [1.165, 1.54) is 11.8 Å². The first-order valence-corrected chi connectivity index (χ1v) is 14.2. The Hall–Kier alpha value is -4.09. The van der Waals surface area contributed by atoms with Gasteiger partial charge in [-0.1, -0.05) is 78.5 Å². The summed E-state index contributed by atoms with van der Waals surface area (Å²) in [5, 5.41) is 9.40. The summed E-state index contributed by atoms with van der Waals surface area (Å²) in [6.45, 7) is 0. The van der Waals surface area contributed by atoms with Gasteiger partial charge in [0.25, 0.3) is 10.0 Å². The Morgan fingerprint density at radius 3 is 2.33 bits per heavy atom. The third-order valence-corrected chi connectivity index (χ3v) is 8.07. The summed E-state index contributed by atoms with van der Waals surface area (Å²) < 4.78 is 67.5. The lowest BCUT2D eigenvalue weighted by Gasteiger charge is -2.11. The van der Waals surface area contributed by atoms with E-state index >= 15 is 0 Å². The SMILES string of the molecule is O=S(=O)(Nc1[nH]nc(SCC=Cc2ccccc2)c1-c1cc2ccccc2cn1)c1ccc(C(F)(F)F)cc1. The highest BCUT2D eigenvalue weighted by molar-refractivity contribution is 7.99. The summed E-state index contributed by atoms with van der Waals surface area (Å²) in [7, 11) is -4.24. The lowest BCUT2D eigenvalue weighted by molar-refractivity contribution is -0.137. The second kappa shape index (κ2) is 11.0. The van der Waals surface area contributed by atoms with Crippen molar-refractivity contribution < 1.29 is 21.6 Å². The monoisotopic (exact) mass is 566 g/mol. The number of sulfonamides is 1. The van der Waals surface area contributed by atoms with Gasteiger partial charge in [0.1, 0.15) is 10.8 Å². The van der Waals surface area contributed by atoms with E-state index in [1.807, 2.05) is 72.8 Å². The molecule has 0 unspecified atom stereocenters. The Balaban J connectivity index is 1.47. The van der Waals surface area contributed by atoms with Crippen molar-refractivity contribution >= 4 is 44.5 Å². The van der Waals surface area contributed by atoms with Crippen LogP contribution in [0, 0.1) is 0 Å². The highest BCUT2D eigenvalue weighted by Crippen LogP contribution is 2.37. The number of thioether (sulfide) groups is 1. The van der Waals surface area contributed by atoms with Crippen LogP contribution in [0.25, 0.3) is 28.1 Å². The molecule has 5 rings (SSSR count). The van der Waals surface area contributed by atoms with Crippen molar-refractivity contribution in [2.75, 3.05) is 10.5 Å². The van der Waals surface area contributed by atoms with Crippen molar-refractivity contribution in [2.24, 2.45) is 0 Å². The average Bonchev–Trinajstić information content (AvgIpc) is 3.32. The van der Waals surface area contributed by atoms with Gasteiger partial charge in [-0.25, -0.2) is 8.42 Å². The number of pyridine rings is 1. The summed E-state index contributed by atoms with van der Waals surface area (Å²) in [4.78, 5) is 4.22. The van der Waals surface area contributed by atoms with Gasteiger partial charge in [-0.2, -0.15) is 18.3 Å². The maximum absolute atomic E-state index is 13.1. The van der Waals surface area contributed by atoms with Gasteiger partial charge in [-0.05, 0) is 41.3 Å². The molecule has 0 amide bonds. The molecule has 0 saturated heterocycles. The number of hydrogen-bond donors (Lipinski definition) is 2. The molecule has 0 radical (unpaired) electrons. The number of nitrogens with zero attached hydrogens (tertiary/aromatic N) is 2. The Kier molecular flexibility index (Phi) is 7.45. The molecule has 11 heteroatoms. The Morgan fingerprint density at radius 1 is 0.923 bits per heavy atom. The van der Waals surface area contributed by atoms with Crippen LogP contribution in [0.2, 0.25) is 0 Å². The van der Waals surface area contributed by atoms with Gasteiger partial charge in [0.05, 0.1) is 21.7 Å². The van der Waals surface area contributed by atoms with Gasteiger partial charge < -0.3 is 0 Å². The second-order valence-electron chi connectivity index (χ2n) is 8.45. The molecular weight excluding hydrogens is 545 g/mol. The maximum atomic E-state index is 13.1. The van der Waals surface area contributed by atoms with Gasteiger partial charge in [0.15, 0.2) is 0 Å². The third kappa shape index (κ3) is 6.15. The summed E-state index contributed by atoms with van der Waals surface area (Å²) in [6, 6.07) is 22.5. The van der Waals surface area contributed by atoms with Crippen LogP contribution in [-0.4, -0.2) is 29.4 Å². The highest BCUT2D eigenvalue weighted by atomic mass is 32.2. The van der Waals surface area contributed by atoms with E-state index in [0.29, 0.717) is 22.0 Å². The number of benzene rings is 3. The largest absolute Gasteiger partial charge is 0.416 e. The fraction of sp³-hybridized carbons (Fsp3) is 0.0714. The number of hydrogen-bond acceptors (Lipinski definition) is 5. The summed E-state index contributed by atoms with van der Waals surface area (Å²) >= 11 is 1.38. The van der Waals surface area contributed by atoms with E-state index in [1.54, 1.807) is 6.20 Å². The number of rotatable bonds is 8. The number of aromatic nitrogens is 3. The van der Waals surface area contributed by atoms with E-state index < -0.39 is 21.8 Å². The van der Waals surface area contributed by atoms with Crippen molar-refractivity contribution in [1.29, 1.82) is 0 Å². The van der Waals surface area contributed by atoms with Gasteiger partial charge in [0.2, 0.25) is 0 Å². The average molecular weight is 567 g/mol. The molecule has 198 valence electrons. The van der Waals surface area contributed by atoms with Crippen molar-refractivity contribution in [3.05, 3.63) is 108 Å². The maximum Gasteiger partial charge on any atom is 0.416 e. The zero-order valence-corrected chi connectivity index (χ0v) is 21.8. The molecule has 0 aliphatic carbocycles. The highest BCUT2D eigenvalue weighted by Gasteiger charge is 2.31. The van der Waals surface area contributed by atoms with Crippen molar-refractivity contribution in [3.63, 3.8) is 0 Å². The van der Waals surface area contributed by atoms with E-state index in [0.717, 1.165) is 40.6 Å². The second-order valence-corrected chi connectivity index (χ2v) is 11.1. The van der Waals surface area contributed by atoms with Gasteiger partial charge in [-0.15, -0.1) is 0 Å². The molecule has 0 aliphatic heterocycles. The van der Waals surface area contributed by atoms with Crippen LogP contribution < -0.4 is 4.72 Å². The fourth-order valence-corrected chi connectivity index (χ4v) is 5.69. The van der Waals surface area contributed by atoms with Crippen LogP contribution in [0.15, 0.2) is 107 Å². The van der Waals surface area contributed by atoms with E-state index in [2.05, 4.69) is 19.9 Å². The molecule has 2 heterocycles. The molecule has 0 atom stereocenters. The van der Waals surface area contributed by atoms with Gasteiger partial charge in [0, 0.05) is 17.3 Å². The standard InChI is InChI=1S/C28H21F3N4O2S2/c29-28(30,31)22-12-14-23(15-13-22)39(36,37)35-26-25(24-17-20-10-4-5-11-21(20)18-32-24)27(34-33-26)38-16-6-9-19-7-2-1-3-8-19/h1-15,17-18H,16H2,(H2,33,34,35). The molecule has 0 aliphatic rings. The van der Waals surface area contributed by atoms with Crippen molar-refractivity contribution in [1.82, 2.24) is 15.2 Å². The zero-order chi connectivity index (χ0) is 27.5. The van der Waals surface area contributed by atoms with E-state index in [-0.39, 0.29) is 10.7 Å². The van der Waals surface area contributed by atoms with Crippen LogP contribution in [0.3, 0.4) is 0 Å². The Morgan fingerprint density at radius 2 is 1.62 bits per heavy atom. The topological polar surface area (TPSA) is 87.7 Å². The van der Waals surface area contributed by atoms with Crippen LogP contribution in [0.1, 0.15) is 11.1 Å². The molecule has 0 fully saturated rings. The zero-order valence-electron chi connectivity index (χ0n) is 20.2. The number of H-pyrrole nitrogens is 1. The van der Waals surface area contributed by atoms with Crippen molar-refractivity contribution in [3.8, 4) is 11.3 Å². The normalized spacial score (nSPS) is 12.3. The predicted molar refractivity (Wildman–Crippen MR) is 148 cm³/mol. The molecule has 5 aromatic rings. The number of nitrogens with one attached hydrogen (secondary N) is 2. The van der Waals surface area contributed by atoms with E-state index in [4.69, 9.17) is 0 Å². The molecule has 2 N–H and O–H groups in total. The summed E-state index contributed by atoms with van der Waals surface area (Å²) in [6.07, 6.45) is 1.06. The van der Waals surface area contributed by atoms with Crippen LogP contribution in [-0.2, 0) is 16.2 Å². The number of halogens is 3. The van der Waals surface area contributed by atoms with Crippen molar-refractivity contribution in [2.45, 2.75) is 16.1 Å². The summed E-state index contributed by atoms with van der Waals surface area (Å²) in [5.41, 5.74) is 1.03. The third-order valence-electron chi connectivity index (χ3n) is 5.77. The van der Waals surface area contributed by atoms with Crippen LogP contribution in [0.5, 0.6) is 0 Å². The predicted octanol–water partition coefficient (Wildman–Crippen LogP) is 7.25. The van der Waals surface area contributed by atoms with Gasteiger partial charge in [-0.3, -0.25) is 14.8 Å². The lowest BCUT2D eigenvalue weighted by Crippen LogP contribution is -2.14. The first kappa shape index (κ1) is 26.5.